The van der Waals surface area contributed by atoms with Crippen LogP contribution in [0.25, 0.3) is 0 Å². The van der Waals surface area contributed by atoms with Gasteiger partial charge in [-0.05, 0) is 25.2 Å². The van der Waals surface area contributed by atoms with Crippen molar-refractivity contribution in [2.75, 3.05) is 20.2 Å². The maximum Gasteiger partial charge on any atom is 0.415 e. The van der Waals surface area contributed by atoms with Crippen LogP contribution in [-0.2, 0) is 19.1 Å². The number of rotatable bonds is 7. The number of nitrogens with zero attached hydrogens (tertiary/aromatic N) is 2. The summed E-state index contributed by atoms with van der Waals surface area (Å²) >= 11 is 0. The molecule has 1 aliphatic heterocycles. The summed E-state index contributed by atoms with van der Waals surface area (Å²) in [6.07, 6.45) is 4.88. The molecule has 0 aromatic carbocycles. The van der Waals surface area contributed by atoms with E-state index in [1.807, 2.05) is 10.6 Å². The maximum absolute atomic E-state index is 13.1. The fraction of sp³-hybridized carbons (Fsp3) is 0.722. The third-order valence-corrected chi connectivity index (χ3v) is 5.45. The van der Waals surface area contributed by atoms with Crippen molar-refractivity contribution in [1.29, 1.82) is 0 Å². The number of alkyl carbamates (subject to hydrolysis) is 1. The monoisotopic (exact) mass is 412 g/mol. The van der Waals surface area contributed by atoms with Crippen molar-refractivity contribution in [2.45, 2.75) is 51.0 Å². The summed E-state index contributed by atoms with van der Waals surface area (Å²) in [6.45, 7) is 0.190. The standard InChI is InChI=1S/C18H28N4O7/c1-29-18(27)20-17(26)19-15(24)14-7-4-8-22(14)16(25)13(10-21(28)11-23)9-12-5-2-3-6-12/h11-14,28H,2-10H2,1H3,(H2,19,20,24,26,27)/t13-,14+/m1/s1. The lowest BCUT2D eigenvalue weighted by Gasteiger charge is -2.30. The van der Waals surface area contributed by atoms with Crippen LogP contribution in [0.2, 0.25) is 0 Å². The van der Waals surface area contributed by atoms with Crippen LogP contribution < -0.4 is 10.6 Å². The summed E-state index contributed by atoms with van der Waals surface area (Å²) < 4.78 is 4.29. The van der Waals surface area contributed by atoms with Crippen LogP contribution in [0.5, 0.6) is 0 Å². The Balaban J connectivity index is 2.03. The quantitative estimate of drug-likeness (QED) is 0.315. The molecule has 0 aromatic heterocycles. The molecular weight excluding hydrogens is 384 g/mol. The predicted octanol–water partition coefficient (Wildman–Crippen LogP) is 0.614. The molecule has 2 aliphatic rings. The van der Waals surface area contributed by atoms with Crippen LogP contribution >= 0.6 is 0 Å². The number of hydroxylamine groups is 2. The van der Waals surface area contributed by atoms with Crippen molar-refractivity contribution < 1.29 is 33.9 Å². The first-order chi connectivity index (χ1) is 13.8. The maximum atomic E-state index is 13.1. The van der Waals surface area contributed by atoms with E-state index in [0.717, 1.165) is 32.8 Å². The molecule has 3 N–H and O–H groups in total. The van der Waals surface area contributed by atoms with Crippen LogP contribution in [0.3, 0.4) is 0 Å². The molecule has 0 radical (unpaired) electrons. The molecule has 6 amide bonds. The highest BCUT2D eigenvalue weighted by Crippen LogP contribution is 2.32. The molecule has 0 spiro atoms. The molecule has 162 valence electrons. The molecule has 1 saturated heterocycles. The molecule has 2 rings (SSSR count). The number of amides is 6. The zero-order valence-electron chi connectivity index (χ0n) is 16.5. The van der Waals surface area contributed by atoms with Gasteiger partial charge in [-0.2, -0.15) is 0 Å². The number of hydrogen-bond donors (Lipinski definition) is 3. The Morgan fingerprint density at radius 3 is 2.48 bits per heavy atom. The first-order valence-corrected chi connectivity index (χ1v) is 9.76. The Morgan fingerprint density at radius 1 is 1.17 bits per heavy atom. The fourth-order valence-electron chi connectivity index (χ4n) is 4.08. The van der Waals surface area contributed by atoms with Crippen molar-refractivity contribution >= 4 is 30.3 Å². The summed E-state index contributed by atoms with van der Waals surface area (Å²) in [4.78, 5) is 60.5. The van der Waals surface area contributed by atoms with Gasteiger partial charge in [0.2, 0.25) is 12.3 Å². The molecule has 11 nitrogen and oxygen atoms in total. The van der Waals surface area contributed by atoms with E-state index in [9.17, 15) is 29.2 Å². The minimum Gasteiger partial charge on any atom is -0.453 e. The molecule has 0 unspecified atom stereocenters. The lowest BCUT2D eigenvalue weighted by Crippen LogP contribution is -2.52. The van der Waals surface area contributed by atoms with E-state index < -0.39 is 30.0 Å². The van der Waals surface area contributed by atoms with E-state index in [0.29, 0.717) is 36.8 Å². The molecule has 29 heavy (non-hydrogen) atoms. The SMILES string of the molecule is COC(=O)NC(=O)NC(=O)[C@@H]1CCCN1C(=O)[C@H](CC1CCCC1)CN(O)C=O. The lowest BCUT2D eigenvalue weighted by atomic mass is 9.91. The van der Waals surface area contributed by atoms with Crippen LogP contribution in [0.15, 0.2) is 0 Å². The van der Waals surface area contributed by atoms with Gasteiger partial charge in [0.15, 0.2) is 0 Å². The van der Waals surface area contributed by atoms with E-state index in [1.54, 1.807) is 0 Å². The Morgan fingerprint density at radius 2 is 1.86 bits per heavy atom. The Labute approximate surface area is 168 Å². The van der Waals surface area contributed by atoms with Gasteiger partial charge in [-0.1, -0.05) is 25.7 Å². The highest BCUT2D eigenvalue weighted by atomic mass is 16.5. The molecule has 1 saturated carbocycles. The molecule has 1 heterocycles. The smallest absolute Gasteiger partial charge is 0.415 e. The molecule has 0 aromatic rings. The highest BCUT2D eigenvalue weighted by Gasteiger charge is 2.39. The number of ether oxygens (including phenoxy) is 1. The minimum atomic E-state index is -1.04. The van der Waals surface area contributed by atoms with E-state index >= 15 is 0 Å². The van der Waals surface area contributed by atoms with Crippen molar-refractivity contribution in [2.24, 2.45) is 11.8 Å². The average Bonchev–Trinajstić information content (AvgIpc) is 3.38. The largest absolute Gasteiger partial charge is 0.453 e. The Hall–Kier alpha value is -2.69. The van der Waals surface area contributed by atoms with Crippen LogP contribution in [0, 0.1) is 11.8 Å². The summed E-state index contributed by atoms with van der Waals surface area (Å²) in [5.41, 5.74) is 0. The number of hydrogen-bond acceptors (Lipinski definition) is 7. The molecule has 1 aliphatic carbocycles. The number of methoxy groups -OCH3 is 1. The second-order valence-electron chi connectivity index (χ2n) is 7.44. The van der Waals surface area contributed by atoms with E-state index in [-0.39, 0.29) is 18.9 Å². The third kappa shape index (κ3) is 6.41. The van der Waals surface area contributed by atoms with E-state index in [2.05, 4.69) is 4.74 Å². The zero-order valence-corrected chi connectivity index (χ0v) is 16.5. The molecule has 2 atom stereocenters. The van der Waals surface area contributed by atoms with Gasteiger partial charge in [0.1, 0.15) is 6.04 Å². The number of likely N-dealkylation sites (tertiary alicyclic amines) is 1. The topological polar surface area (TPSA) is 145 Å². The summed E-state index contributed by atoms with van der Waals surface area (Å²) in [5.74, 6) is -1.33. The van der Waals surface area contributed by atoms with Gasteiger partial charge >= 0.3 is 12.1 Å². The van der Waals surface area contributed by atoms with Crippen LogP contribution in [-0.4, -0.2) is 71.8 Å². The van der Waals surface area contributed by atoms with Crippen molar-refractivity contribution in [3.63, 3.8) is 0 Å². The first kappa shape index (κ1) is 22.6. The third-order valence-electron chi connectivity index (χ3n) is 5.45. The van der Waals surface area contributed by atoms with Gasteiger partial charge in [-0.3, -0.25) is 24.9 Å². The first-order valence-electron chi connectivity index (χ1n) is 9.76. The van der Waals surface area contributed by atoms with Gasteiger partial charge in [-0.25, -0.2) is 20.0 Å². The van der Waals surface area contributed by atoms with Crippen molar-refractivity contribution in [3.8, 4) is 0 Å². The van der Waals surface area contributed by atoms with Gasteiger partial charge in [-0.15, -0.1) is 0 Å². The predicted molar refractivity (Wildman–Crippen MR) is 98.4 cm³/mol. The molecule has 2 fully saturated rings. The van der Waals surface area contributed by atoms with Gasteiger partial charge in [0.25, 0.3) is 5.91 Å². The second-order valence-corrected chi connectivity index (χ2v) is 7.44. The van der Waals surface area contributed by atoms with E-state index in [1.165, 1.54) is 4.90 Å². The van der Waals surface area contributed by atoms with Crippen LogP contribution in [0.1, 0.15) is 44.9 Å². The summed E-state index contributed by atoms with van der Waals surface area (Å²) in [5, 5.41) is 13.9. The number of urea groups is 1. The second kappa shape index (κ2) is 10.7. The normalized spacial score (nSPS) is 20.1. The van der Waals surface area contributed by atoms with Gasteiger partial charge < -0.3 is 9.64 Å². The molecule has 11 heteroatoms. The Kier molecular flexibility index (Phi) is 8.37. The van der Waals surface area contributed by atoms with Crippen molar-refractivity contribution in [1.82, 2.24) is 20.6 Å². The number of carbonyl (C=O) groups excluding carboxylic acids is 5. The summed E-state index contributed by atoms with van der Waals surface area (Å²) in [7, 11) is 1.08. The van der Waals surface area contributed by atoms with Gasteiger partial charge in [0.05, 0.1) is 19.6 Å². The fourth-order valence-corrected chi connectivity index (χ4v) is 4.08. The molecular formula is C18H28N4O7. The minimum absolute atomic E-state index is 0.146. The van der Waals surface area contributed by atoms with Crippen molar-refractivity contribution in [3.05, 3.63) is 0 Å². The number of carbonyl (C=O) groups is 5. The lowest BCUT2D eigenvalue weighted by molar-refractivity contribution is -0.158. The number of nitrogens with one attached hydrogen (secondary N) is 2. The van der Waals surface area contributed by atoms with E-state index in [4.69, 9.17) is 0 Å². The van der Waals surface area contributed by atoms with Crippen LogP contribution in [0.4, 0.5) is 9.59 Å². The molecule has 0 bridgehead atoms. The highest BCUT2D eigenvalue weighted by molar-refractivity contribution is 6.03. The number of imide groups is 2. The Bertz CT molecular complexity index is 636. The average molecular weight is 412 g/mol. The zero-order chi connectivity index (χ0) is 21.4. The van der Waals surface area contributed by atoms with Gasteiger partial charge in [0, 0.05) is 6.54 Å². The summed E-state index contributed by atoms with van der Waals surface area (Å²) in [6, 6.07) is -1.90.